The van der Waals surface area contributed by atoms with E-state index in [-0.39, 0.29) is 0 Å². The fourth-order valence-corrected chi connectivity index (χ4v) is 1.01. The van der Waals surface area contributed by atoms with Gasteiger partial charge in [0, 0.05) is 0 Å². The second kappa shape index (κ2) is 2.79. The predicted octanol–water partition coefficient (Wildman–Crippen LogP) is -0.0274. The molecular weight excluding hydrogens is 164 g/mol. The Labute approximate surface area is 58.1 Å². The van der Waals surface area contributed by atoms with Crippen LogP contribution in [0.15, 0.2) is 0 Å². The monoisotopic (exact) mass is 173 g/mol. The highest BCUT2D eigenvalue weighted by Gasteiger charge is 2.41. The van der Waals surface area contributed by atoms with Crippen LogP contribution in [0.2, 0.25) is 0 Å². The molecule has 0 aromatic heterocycles. The van der Waals surface area contributed by atoms with Gasteiger partial charge in [-0.05, 0) is 0 Å². The van der Waals surface area contributed by atoms with Crippen molar-refractivity contribution in [2.45, 2.75) is 12.2 Å². The molecule has 0 unspecified atom stereocenters. The molecule has 3 nitrogen and oxygen atoms in total. The van der Waals surface area contributed by atoms with Gasteiger partial charge >= 0.3 is 5.25 Å². The summed E-state index contributed by atoms with van der Waals surface area (Å²) in [7, 11) is -4.31. The number of rotatable bonds is 3. The van der Waals surface area contributed by atoms with E-state index < -0.39 is 27.4 Å². The van der Waals surface area contributed by atoms with Gasteiger partial charge in [-0.3, -0.25) is 0 Å². The Morgan fingerprint density at radius 2 is 1.90 bits per heavy atom. The summed E-state index contributed by atoms with van der Waals surface area (Å²) in [6.45, 7) is 0.00206. The average molecular weight is 173 g/mol. The van der Waals surface area contributed by atoms with Crippen LogP contribution in [0.1, 0.15) is 6.92 Å². The van der Waals surface area contributed by atoms with Crippen LogP contribution in [0.25, 0.3) is 0 Å². The summed E-state index contributed by atoms with van der Waals surface area (Å²) in [5, 5.41) is -3.76. The van der Waals surface area contributed by atoms with Crippen LogP contribution in [0.3, 0.4) is 0 Å². The molecule has 0 aromatic rings. The molecular formula is C4H9F2NO2S. The van der Waals surface area contributed by atoms with E-state index in [2.05, 4.69) is 5.73 Å². The lowest BCUT2D eigenvalue weighted by Crippen LogP contribution is -2.37. The highest BCUT2D eigenvalue weighted by atomic mass is 32.2. The number of hydrogen-bond donors (Lipinski definition) is 1. The van der Waals surface area contributed by atoms with Crippen molar-refractivity contribution in [3.8, 4) is 0 Å². The highest BCUT2D eigenvalue weighted by molar-refractivity contribution is 7.92. The second-order valence-electron chi connectivity index (χ2n) is 1.74. The Hall–Kier alpha value is -0.230. The van der Waals surface area contributed by atoms with Crippen molar-refractivity contribution in [3.05, 3.63) is 0 Å². The lowest BCUT2D eigenvalue weighted by atomic mass is 10.7. The molecule has 0 rings (SSSR count). The zero-order chi connectivity index (χ0) is 8.41. The average Bonchev–Trinajstić information content (AvgIpc) is 1.88. The maximum atomic E-state index is 12.2. The van der Waals surface area contributed by atoms with Gasteiger partial charge in [0.25, 0.3) is 0 Å². The molecule has 2 N–H and O–H groups in total. The van der Waals surface area contributed by atoms with Gasteiger partial charge in [0.15, 0.2) is 0 Å². The van der Waals surface area contributed by atoms with E-state index in [4.69, 9.17) is 0 Å². The second-order valence-corrected chi connectivity index (χ2v) is 4.15. The van der Waals surface area contributed by atoms with E-state index in [0.717, 1.165) is 6.92 Å². The first-order chi connectivity index (χ1) is 4.37. The van der Waals surface area contributed by atoms with Crippen LogP contribution in [0, 0.1) is 0 Å². The van der Waals surface area contributed by atoms with Crippen LogP contribution >= 0.6 is 0 Å². The summed E-state index contributed by atoms with van der Waals surface area (Å²) in [4.78, 5) is 0. The molecule has 10 heavy (non-hydrogen) atoms. The third-order valence-electron chi connectivity index (χ3n) is 1.07. The van der Waals surface area contributed by atoms with Crippen molar-refractivity contribution in [2.75, 3.05) is 12.3 Å². The fourth-order valence-electron chi connectivity index (χ4n) is 0.338. The van der Waals surface area contributed by atoms with Gasteiger partial charge in [-0.25, -0.2) is 8.42 Å². The summed E-state index contributed by atoms with van der Waals surface area (Å²) in [6, 6.07) is 0. The van der Waals surface area contributed by atoms with Crippen molar-refractivity contribution >= 4 is 9.84 Å². The smallest absolute Gasteiger partial charge is 0.324 e. The van der Waals surface area contributed by atoms with Crippen LogP contribution in [-0.2, 0) is 9.84 Å². The van der Waals surface area contributed by atoms with E-state index in [0.29, 0.717) is 0 Å². The highest BCUT2D eigenvalue weighted by Crippen LogP contribution is 2.19. The molecule has 0 saturated heterocycles. The molecule has 0 saturated carbocycles. The first kappa shape index (κ1) is 9.77. The normalized spacial score (nSPS) is 13.6. The summed E-state index contributed by atoms with van der Waals surface area (Å²) in [5.41, 5.74) is 4.54. The standard InChI is InChI=1S/C4H9F2NO2S/c1-2-10(8,9)4(5,6)3-7/h2-3,7H2,1H3. The van der Waals surface area contributed by atoms with Gasteiger partial charge in [-0.2, -0.15) is 8.78 Å². The zero-order valence-electron chi connectivity index (χ0n) is 5.47. The molecule has 0 fully saturated rings. The van der Waals surface area contributed by atoms with E-state index in [1.54, 1.807) is 0 Å². The lowest BCUT2D eigenvalue weighted by molar-refractivity contribution is 0.102. The number of hydrogen-bond acceptors (Lipinski definition) is 3. The largest absolute Gasteiger partial charge is 0.357 e. The summed E-state index contributed by atoms with van der Waals surface area (Å²) >= 11 is 0. The summed E-state index contributed by atoms with van der Waals surface area (Å²) in [5.74, 6) is -0.586. The lowest BCUT2D eigenvalue weighted by Gasteiger charge is -2.12. The molecule has 0 radical (unpaired) electrons. The van der Waals surface area contributed by atoms with Crippen LogP contribution in [0.5, 0.6) is 0 Å². The molecule has 62 valence electrons. The third-order valence-corrected chi connectivity index (χ3v) is 2.91. The molecule has 0 aromatic carbocycles. The Morgan fingerprint density at radius 3 is 2.00 bits per heavy atom. The van der Waals surface area contributed by atoms with E-state index in [1.807, 2.05) is 0 Å². The van der Waals surface area contributed by atoms with Crippen molar-refractivity contribution in [1.82, 2.24) is 0 Å². The number of halogens is 2. The quantitative estimate of drug-likeness (QED) is 0.652. The Bertz CT molecular complexity index is 199. The van der Waals surface area contributed by atoms with Crippen LogP contribution in [0.4, 0.5) is 8.78 Å². The van der Waals surface area contributed by atoms with Gasteiger partial charge in [0.1, 0.15) is 0 Å². The van der Waals surface area contributed by atoms with E-state index in [1.165, 1.54) is 0 Å². The number of sulfone groups is 1. The minimum atomic E-state index is -4.31. The van der Waals surface area contributed by atoms with Crippen molar-refractivity contribution in [3.63, 3.8) is 0 Å². The van der Waals surface area contributed by atoms with Crippen molar-refractivity contribution < 1.29 is 17.2 Å². The molecule has 0 bridgehead atoms. The summed E-state index contributed by atoms with van der Waals surface area (Å²) in [6.07, 6.45) is 0. The SMILES string of the molecule is CCS(=O)(=O)C(F)(F)CN. The molecule has 0 aliphatic heterocycles. The minimum absolute atomic E-state index is 0.586. The number of nitrogens with two attached hydrogens (primary N) is 1. The van der Waals surface area contributed by atoms with Crippen LogP contribution in [-0.4, -0.2) is 26.0 Å². The first-order valence-corrected chi connectivity index (χ1v) is 4.33. The zero-order valence-corrected chi connectivity index (χ0v) is 6.29. The van der Waals surface area contributed by atoms with E-state index in [9.17, 15) is 17.2 Å². The third kappa shape index (κ3) is 1.63. The van der Waals surface area contributed by atoms with Crippen molar-refractivity contribution in [2.24, 2.45) is 5.73 Å². The minimum Gasteiger partial charge on any atom is -0.324 e. The van der Waals surface area contributed by atoms with E-state index >= 15 is 0 Å². The molecule has 0 amide bonds. The summed E-state index contributed by atoms with van der Waals surface area (Å²) < 4.78 is 45.3. The van der Waals surface area contributed by atoms with Gasteiger partial charge in [0.2, 0.25) is 9.84 Å². The van der Waals surface area contributed by atoms with Gasteiger partial charge in [-0.15, -0.1) is 0 Å². The topological polar surface area (TPSA) is 60.2 Å². The predicted molar refractivity (Wildman–Crippen MR) is 33.5 cm³/mol. The molecule has 0 atom stereocenters. The Kier molecular flexibility index (Phi) is 2.73. The maximum Gasteiger partial charge on any atom is 0.357 e. The maximum absolute atomic E-state index is 12.2. The molecule has 0 aliphatic rings. The van der Waals surface area contributed by atoms with Crippen molar-refractivity contribution in [1.29, 1.82) is 0 Å². The van der Waals surface area contributed by atoms with Gasteiger partial charge < -0.3 is 5.73 Å². The Balaban J connectivity index is 4.64. The molecule has 6 heteroatoms. The van der Waals surface area contributed by atoms with Gasteiger partial charge in [0.05, 0.1) is 12.3 Å². The number of alkyl halides is 2. The molecule has 0 heterocycles. The van der Waals surface area contributed by atoms with Crippen LogP contribution < -0.4 is 5.73 Å². The van der Waals surface area contributed by atoms with Gasteiger partial charge in [-0.1, -0.05) is 6.92 Å². The molecule has 0 aliphatic carbocycles. The first-order valence-electron chi connectivity index (χ1n) is 2.67. The molecule has 0 spiro atoms. The fraction of sp³-hybridized carbons (Fsp3) is 1.00. The Morgan fingerprint density at radius 1 is 1.50 bits per heavy atom.